The molecule has 104 valence electrons. The van der Waals surface area contributed by atoms with Crippen LogP contribution in [0.15, 0.2) is 36.4 Å². The summed E-state index contributed by atoms with van der Waals surface area (Å²) in [6.07, 6.45) is 0.337. The van der Waals surface area contributed by atoms with Crippen LogP contribution in [0.3, 0.4) is 0 Å². The van der Waals surface area contributed by atoms with E-state index in [2.05, 4.69) is 15.5 Å². The van der Waals surface area contributed by atoms with Crippen LogP contribution in [-0.2, 0) is 17.8 Å². The Kier molecular flexibility index (Phi) is 4.65. The summed E-state index contributed by atoms with van der Waals surface area (Å²) in [7, 11) is 1.62. The third kappa shape index (κ3) is 4.05. The average molecular weight is 271 g/mol. The van der Waals surface area contributed by atoms with Crippen LogP contribution < -0.4 is 10.1 Å². The van der Waals surface area contributed by atoms with E-state index in [1.807, 2.05) is 43.3 Å². The molecule has 2 aromatic rings. The number of rotatable bonds is 5. The first-order valence-corrected chi connectivity index (χ1v) is 6.36. The van der Waals surface area contributed by atoms with Crippen LogP contribution in [0, 0.1) is 6.92 Å². The zero-order valence-corrected chi connectivity index (χ0v) is 11.6. The number of nitrogens with zero attached hydrogens (tertiary/aromatic N) is 2. The van der Waals surface area contributed by atoms with Crippen molar-refractivity contribution in [2.45, 2.75) is 19.9 Å². The molecular weight excluding hydrogens is 254 g/mol. The molecule has 5 nitrogen and oxygen atoms in total. The highest BCUT2D eigenvalue weighted by Crippen LogP contribution is 2.11. The lowest BCUT2D eigenvalue weighted by Crippen LogP contribution is -2.25. The zero-order valence-electron chi connectivity index (χ0n) is 11.6. The number of hydrogen-bond donors (Lipinski definition) is 1. The molecule has 0 unspecified atom stereocenters. The first kappa shape index (κ1) is 14.0. The van der Waals surface area contributed by atoms with E-state index in [1.54, 1.807) is 7.11 Å². The van der Waals surface area contributed by atoms with Gasteiger partial charge in [-0.2, -0.15) is 10.2 Å². The van der Waals surface area contributed by atoms with Crippen LogP contribution in [0.5, 0.6) is 5.75 Å². The number of amides is 1. The second-order valence-electron chi connectivity index (χ2n) is 4.47. The van der Waals surface area contributed by atoms with E-state index in [0.29, 0.717) is 13.0 Å². The van der Waals surface area contributed by atoms with Crippen molar-refractivity contribution in [2.75, 3.05) is 7.11 Å². The summed E-state index contributed by atoms with van der Waals surface area (Å²) >= 11 is 0. The topological polar surface area (TPSA) is 64.1 Å². The van der Waals surface area contributed by atoms with Crippen LogP contribution in [0.25, 0.3) is 0 Å². The van der Waals surface area contributed by atoms with Gasteiger partial charge in [0.1, 0.15) is 5.75 Å². The predicted octanol–water partition coefficient (Wildman–Crippen LogP) is 1.65. The molecule has 1 heterocycles. The minimum atomic E-state index is -0.0439. The number of carbonyl (C=O) groups is 1. The van der Waals surface area contributed by atoms with Crippen molar-refractivity contribution >= 4 is 5.91 Å². The van der Waals surface area contributed by atoms with Gasteiger partial charge in [0, 0.05) is 0 Å². The Bertz CT molecular complexity index is 565. The van der Waals surface area contributed by atoms with Gasteiger partial charge in [-0.25, -0.2) is 0 Å². The first-order valence-electron chi connectivity index (χ1n) is 6.36. The van der Waals surface area contributed by atoms with E-state index in [4.69, 9.17) is 4.74 Å². The molecule has 2 rings (SSSR count). The fraction of sp³-hybridized carbons (Fsp3) is 0.267. The molecule has 0 aliphatic carbocycles. The second-order valence-corrected chi connectivity index (χ2v) is 4.47. The molecule has 0 radical (unpaired) electrons. The molecule has 1 amide bonds. The highest BCUT2D eigenvalue weighted by atomic mass is 16.5. The first-order chi connectivity index (χ1) is 9.67. The molecule has 0 spiro atoms. The molecule has 20 heavy (non-hydrogen) atoms. The lowest BCUT2D eigenvalue weighted by molar-refractivity contribution is -0.120. The minimum Gasteiger partial charge on any atom is -0.497 e. The number of benzene rings is 1. The maximum atomic E-state index is 11.8. The summed E-state index contributed by atoms with van der Waals surface area (Å²) in [6, 6.07) is 11.2. The van der Waals surface area contributed by atoms with Crippen LogP contribution in [0.4, 0.5) is 0 Å². The molecule has 5 heteroatoms. The Labute approximate surface area is 118 Å². The van der Waals surface area contributed by atoms with Gasteiger partial charge in [0.05, 0.1) is 31.5 Å². The number of ether oxygens (including phenoxy) is 1. The quantitative estimate of drug-likeness (QED) is 0.898. The van der Waals surface area contributed by atoms with Gasteiger partial charge >= 0.3 is 0 Å². The smallest absolute Gasteiger partial charge is 0.224 e. The van der Waals surface area contributed by atoms with E-state index in [0.717, 1.165) is 22.7 Å². The van der Waals surface area contributed by atoms with Gasteiger partial charge in [-0.05, 0) is 36.8 Å². The number of nitrogens with one attached hydrogen (secondary N) is 1. The zero-order chi connectivity index (χ0) is 14.4. The number of hydrogen-bond acceptors (Lipinski definition) is 4. The third-order valence-corrected chi connectivity index (χ3v) is 2.84. The fourth-order valence-electron chi connectivity index (χ4n) is 1.70. The minimum absolute atomic E-state index is 0.0439. The summed E-state index contributed by atoms with van der Waals surface area (Å²) in [5.41, 5.74) is 2.55. The van der Waals surface area contributed by atoms with Gasteiger partial charge in [0.25, 0.3) is 0 Å². The molecule has 1 aromatic carbocycles. The Morgan fingerprint density at radius 2 is 1.90 bits per heavy atom. The molecule has 1 N–H and O–H groups in total. The van der Waals surface area contributed by atoms with Crippen LogP contribution in [-0.4, -0.2) is 23.2 Å². The summed E-state index contributed by atoms with van der Waals surface area (Å²) < 4.78 is 5.07. The number of aryl methyl sites for hydroxylation is 1. The molecule has 0 saturated heterocycles. The maximum Gasteiger partial charge on any atom is 0.224 e. The van der Waals surface area contributed by atoms with Crippen LogP contribution in [0.2, 0.25) is 0 Å². The monoisotopic (exact) mass is 271 g/mol. The van der Waals surface area contributed by atoms with Crippen molar-refractivity contribution in [2.24, 2.45) is 0 Å². The summed E-state index contributed by atoms with van der Waals surface area (Å²) in [6.45, 7) is 2.27. The molecule has 0 saturated carbocycles. The van der Waals surface area contributed by atoms with Gasteiger partial charge in [0.2, 0.25) is 5.91 Å². The summed E-state index contributed by atoms with van der Waals surface area (Å²) in [5, 5.41) is 10.8. The molecular formula is C15H17N3O2. The van der Waals surface area contributed by atoms with Crippen molar-refractivity contribution in [3.63, 3.8) is 0 Å². The molecule has 0 fully saturated rings. The number of carbonyl (C=O) groups excluding carboxylic acids is 1. The van der Waals surface area contributed by atoms with E-state index >= 15 is 0 Å². The number of aromatic nitrogens is 2. The Morgan fingerprint density at radius 1 is 1.15 bits per heavy atom. The lowest BCUT2D eigenvalue weighted by atomic mass is 10.1. The van der Waals surface area contributed by atoms with Gasteiger partial charge in [-0.1, -0.05) is 12.1 Å². The Morgan fingerprint density at radius 3 is 2.50 bits per heavy atom. The predicted molar refractivity (Wildman–Crippen MR) is 75.3 cm³/mol. The third-order valence-electron chi connectivity index (χ3n) is 2.84. The standard InChI is InChI=1S/C15H17N3O2/c1-11-3-6-13(18-17-11)10-16-15(19)9-12-4-7-14(20-2)8-5-12/h3-8H,9-10H2,1-2H3,(H,16,19). The van der Waals surface area contributed by atoms with Gasteiger partial charge in [0.15, 0.2) is 0 Å². The Balaban J connectivity index is 1.84. The molecule has 0 aliphatic heterocycles. The summed E-state index contributed by atoms with van der Waals surface area (Å²) in [5.74, 6) is 0.738. The maximum absolute atomic E-state index is 11.8. The van der Waals surface area contributed by atoms with Gasteiger partial charge < -0.3 is 10.1 Å². The molecule has 0 atom stereocenters. The highest BCUT2D eigenvalue weighted by molar-refractivity contribution is 5.78. The van der Waals surface area contributed by atoms with Crippen molar-refractivity contribution in [3.05, 3.63) is 53.3 Å². The van der Waals surface area contributed by atoms with Gasteiger partial charge in [-0.15, -0.1) is 0 Å². The summed E-state index contributed by atoms with van der Waals surface area (Å²) in [4.78, 5) is 11.8. The molecule has 1 aromatic heterocycles. The molecule has 0 aliphatic rings. The Hall–Kier alpha value is -2.43. The fourth-order valence-corrected chi connectivity index (χ4v) is 1.70. The van der Waals surface area contributed by atoms with Gasteiger partial charge in [-0.3, -0.25) is 4.79 Å². The van der Waals surface area contributed by atoms with E-state index < -0.39 is 0 Å². The van der Waals surface area contributed by atoms with Crippen LogP contribution >= 0.6 is 0 Å². The second kappa shape index (κ2) is 6.65. The van der Waals surface area contributed by atoms with E-state index in [1.165, 1.54) is 0 Å². The number of methoxy groups -OCH3 is 1. The van der Waals surface area contributed by atoms with Crippen molar-refractivity contribution < 1.29 is 9.53 Å². The largest absolute Gasteiger partial charge is 0.497 e. The SMILES string of the molecule is COc1ccc(CC(=O)NCc2ccc(C)nn2)cc1. The van der Waals surface area contributed by atoms with E-state index in [-0.39, 0.29) is 5.91 Å². The normalized spacial score (nSPS) is 10.1. The van der Waals surface area contributed by atoms with E-state index in [9.17, 15) is 4.79 Å². The van der Waals surface area contributed by atoms with Crippen LogP contribution in [0.1, 0.15) is 17.0 Å². The van der Waals surface area contributed by atoms with Crippen molar-refractivity contribution in [3.8, 4) is 5.75 Å². The van der Waals surface area contributed by atoms with Crippen molar-refractivity contribution in [1.82, 2.24) is 15.5 Å². The molecule has 0 bridgehead atoms. The highest BCUT2D eigenvalue weighted by Gasteiger charge is 2.04. The lowest BCUT2D eigenvalue weighted by Gasteiger charge is -2.05. The van der Waals surface area contributed by atoms with Crippen molar-refractivity contribution in [1.29, 1.82) is 0 Å². The average Bonchev–Trinajstić information content (AvgIpc) is 2.47.